The summed E-state index contributed by atoms with van der Waals surface area (Å²) in [5, 5.41) is 9.84. The van der Waals surface area contributed by atoms with E-state index in [2.05, 4.69) is 25.8 Å². The second kappa shape index (κ2) is 7.77. The first-order chi connectivity index (χ1) is 13.9. The van der Waals surface area contributed by atoms with Crippen LogP contribution in [-0.2, 0) is 16.6 Å². The summed E-state index contributed by atoms with van der Waals surface area (Å²) in [7, 11) is -3.84. The Bertz CT molecular complexity index is 1160. The minimum atomic E-state index is -3.84. The Morgan fingerprint density at radius 3 is 2.45 bits per heavy atom. The number of amides is 1. The smallest absolute Gasteiger partial charge is 0.407 e. The van der Waals surface area contributed by atoms with Crippen molar-refractivity contribution in [2.45, 2.75) is 11.4 Å². The number of hydrogen-bond donors (Lipinski definition) is 1. The summed E-state index contributed by atoms with van der Waals surface area (Å²) < 4.78 is 28.9. The summed E-state index contributed by atoms with van der Waals surface area (Å²) in [6, 6.07) is 11.9. The molecule has 1 aromatic carbocycles. The van der Waals surface area contributed by atoms with Gasteiger partial charge in [-0.2, -0.15) is 0 Å². The molecule has 0 unspecified atom stereocenters. The molecule has 0 radical (unpaired) electrons. The highest BCUT2D eigenvalue weighted by Gasteiger charge is 2.27. The summed E-state index contributed by atoms with van der Waals surface area (Å²) in [5.74, 6) is 0. The molecule has 1 N–H and O–H groups in total. The Kier molecular flexibility index (Phi) is 5.32. The van der Waals surface area contributed by atoms with E-state index in [9.17, 15) is 13.2 Å². The summed E-state index contributed by atoms with van der Waals surface area (Å²) in [6.07, 6.45) is 0.636. The van der Waals surface area contributed by atoms with Gasteiger partial charge in [0.1, 0.15) is 0 Å². The van der Waals surface area contributed by atoms with Crippen molar-refractivity contribution >= 4 is 43.1 Å². The zero-order chi connectivity index (χ0) is 20.6. The number of nitrogens with zero attached hydrogens (tertiary/aromatic N) is 4. The van der Waals surface area contributed by atoms with Crippen LogP contribution in [0.2, 0.25) is 0 Å². The van der Waals surface area contributed by atoms with Crippen molar-refractivity contribution in [3.05, 3.63) is 58.8 Å². The van der Waals surface area contributed by atoms with Crippen LogP contribution in [0.4, 0.5) is 4.79 Å². The van der Waals surface area contributed by atoms with Gasteiger partial charge in [-0.3, -0.25) is 4.90 Å². The van der Waals surface area contributed by atoms with Crippen LogP contribution < -0.4 is 0 Å². The molecule has 152 valence electrons. The number of carbonyl (C=O) groups is 1. The van der Waals surface area contributed by atoms with E-state index in [1.54, 1.807) is 42.6 Å². The number of hydrogen-bond acceptors (Lipinski definition) is 5. The summed E-state index contributed by atoms with van der Waals surface area (Å²) >= 11 is 3.48. The van der Waals surface area contributed by atoms with Gasteiger partial charge in [0, 0.05) is 48.8 Å². The number of rotatable bonds is 4. The van der Waals surface area contributed by atoms with E-state index >= 15 is 0 Å². The molecule has 4 rings (SSSR count). The van der Waals surface area contributed by atoms with Crippen LogP contribution in [-0.4, -0.2) is 64.6 Å². The van der Waals surface area contributed by atoms with E-state index in [-0.39, 0.29) is 4.90 Å². The Hall–Kier alpha value is -2.43. The molecule has 0 saturated carbocycles. The minimum absolute atomic E-state index is 0.191. The average Bonchev–Trinajstić information content (AvgIpc) is 3.09. The minimum Gasteiger partial charge on any atom is -0.465 e. The molecule has 3 heterocycles. The van der Waals surface area contributed by atoms with E-state index in [0.717, 1.165) is 4.47 Å². The van der Waals surface area contributed by atoms with Crippen molar-refractivity contribution in [2.24, 2.45) is 0 Å². The summed E-state index contributed by atoms with van der Waals surface area (Å²) in [4.78, 5) is 19.1. The fraction of sp³-hybridized carbons (Fsp3) is 0.263. The van der Waals surface area contributed by atoms with E-state index < -0.39 is 16.1 Å². The Labute approximate surface area is 176 Å². The van der Waals surface area contributed by atoms with Crippen molar-refractivity contribution in [3.8, 4) is 0 Å². The van der Waals surface area contributed by atoms with Gasteiger partial charge in [-0.15, -0.1) is 0 Å². The average molecular weight is 479 g/mol. The maximum Gasteiger partial charge on any atom is 0.407 e. The Morgan fingerprint density at radius 2 is 1.79 bits per heavy atom. The number of aromatic nitrogens is 2. The van der Waals surface area contributed by atoms with E-state index in [1.165, 1.54) is 8.87 Å². The van der Waals surface area contributed by atoms with Crippen LogP contribution in [0, 0.1) is 0 Å². The Balaban J connectivity index is 1.76. The SMILES string of the molecule is O=C(O)N1CCN(Cc2cc3c(Br)ccnc3n2S(=O)(=O)c2ccccc2)CC1. The number of piperazine rings is 1. The molecule has 1 saturated heterocycles. The third-order valence-electron chi connectivity index (χ3n) is 4.99. The lowest BCUT2D eigenvalue weighted by atomic mass is 10.3. The molecule has 2 aromatic heterocycles. The van der Waals surface area contributed by atoms with E-state index in [1.807, 2.05) is 6.07 Å². The molecule has 3 aromatic rings. The molecule has 0 aliphatic carbocycles. The van der Waals surface area contributed by atoms with Crippen molar-refractivity contribution in [2.75, 3.05) is 26.2 Å². The highest BCUT2D eigenvalue weighted by molar-refractivity contribution is 9.10. The second-order valence-corrected chi connectivity index (χ2v) is 9.44. The largest absolute Gasteiger partial charge is 0.465 e. The molecule has 29 heavy (non-hydrogen) atoms. The van der Waals surface area contributed by atoms with Crippen molar-refractivity contribution in [3.63, 3.8) is 0 Å². The zero-order valence-corrected chi connectivity index (χ0v) is 17.8. The van der Waals surface area contributed by atoms with Crippen molar-refractivity contribution in [1.82, 2.24) is 18.8 Å². The quantitative estimate of drug-likeness (QED) is 0.619. The van der Waals surface area contributed by atoms with Crippen LogP contribution in [0.25, 0.3) is 11.0 Å². The Morgan fingerprint density at radius 1 is 1.10 bits per heavy atom. The first kappa shape index (κ1) is 19.9. The molecular formula is C19H19BrN4O4S. The van der Waals surface area contributed by atoms with Crippen LogP contribution >= 0.6 is 15.9 Å². The highest BCUT2D eigenvalue weighted by atomic mass is 79.9. The first-order valence-corrected chi connectivity index (χ1v) is 11.3. The van der Waals surface area contributed by atoms with Gasteiger partial charge in [0.05, 0.1) is 10.6 Å². The molecule has 10 heteroatoms. The monoisotopic (exact) mass is 478 g/mol. The maximum atomic E-state index is 13.4. The first-order valence-electron chi connectivity index (χ1n) is 9.03. The lowest BCUT2D eigenvalue weighted by Gasteiger charge is -2.33. The third kappa shape index (κ3) is 3.75. The third-order valence-corrected chi connectivity index (χ3v) is 7.44. The predicted octanol–water partition coefficient (Wildman–Crippen LogP) is 2.83. The van der Waals surface area contributed by atoms with Crippen LogP contribution in [0.5, 0.6) is 0 Å². The molecule has 0 bridgehead atoms. The van der Waals surface area contributed by atoms with Gasteiger partial charge >= 0.3 is 6.09 Å². The molecule has 1 amide bonds. The standard InChI is InChI=1S/C19H19BrN4O4S/c20-17-6-7-21-18-16(17)12-14(13-22-8-10-23(11-9-22)19(25)26)24(18)29(27,28)15-4-2-1-3-5-15/h1-7,12H,8-11,13H2,(H,25,26). The van der Waals surface area contributed by atoms with Crippen LogP contribution in [0.1, 0.15) is 5.69 Å². The summed E-state index contributed by atoms with van der Waals surface area (Å²) in [6.45, 7) is 2.23. The van der Waals surface area contributed by atoms with E-state index in [0.29, 0.717) is 49.5 Å². The maximum absolute atomic E-state index is 13.4. The van der Waals surface area contributed by atoms with Gasteiger partial charge in [0.15, 0.2) is 5.65 Å². The topological polar surface area (TPSA) is 95.7 Å². The zero-order valence-electron chi connectivity index (χ0n) is 15.4. The number of carboxylic acid groups (broad SMARTS) is 1. The van der Waals surface area contributed by atoms with Crippen molar-refractivity contribution in [1.29, 1.82) is 0 Å². The fourth-order valence-electron chi connectivity index (χ4n) is 3.50. The number of benzene rings is 1. The molecule has 0 spiro atoms. The van der Waals surface area contributed by atoms with Crippen LogP contribution in [0.3, 0.4) is 0 Å². The molecule has 8 nitrogen and oxygen atoms in total. The predicted molar refractivity (Wildman–Crippen MR) is 111 cm³/mol. The van der Waals surface area contributed by atoms with Gasteiger partial charge < -0.3 is 10.0 Å². The van der Waals surface area contributed by atoms with Gasteiger partial charge in [0.2, 0.25) is 0 Å². The van der Waals surface area contributed by atoms with Crippen molar-refractivity contribution < 1.29 is 18.3 Å². The molecule has 1 aliphatic rings. The number of fused-ring (bicyclic) bond motifs is 1. The summed E-state index contributed by atoms with van der Waals surface area (Å²) in [5.41, 5.74) is 0.953. The number of pyridine rings is 1. The second-order valence-electron chi connectivity index (χ2n) is 6.79. The number of halogens is 1. The fourth-order valence-corrected chi connectivity index (χ4v) is 5.41. The molecule has 1 fully saturated rings. The highest BCUT2D eigenvalue weighted by Crippen LogP contribution is 2.30. The van der Waals surface area contributed by atoms with Gasteiger partial charge in [-0.05, 0) is 40.2 Å². The van der Waals surface area contributed by atoms with Crippen LogP contribution in [0.15, 0.2) is 58.0 Å². The van der Waals surface area contributed by atoms with E-state index in [4.69, 9.17) is 5.11 Å². The molecule has 1 aliphatic heterocycles. The molecular weight excluding hydrogens is 460 g/mol. The van der Waals surface area contributed by atoms with Gasteiger partial charge in [0.25, 0.3) is 10.0 Å². The lowest BCUT2D eigenvalue weighted by Crippen LogP contribution is -2.48. The van der Waals surface area contributed by atoms with Gasteiger partial charge in [-0.1, -0.05) is 18.2 Å². The normalized spacial score (nSPS) is 15.7. The lowest BCUT2D eigenvalue weighted by molar-refractivity contribution is 0.102. The van der Waals surface area contributed by atoms with Gasteiger partial charge in [-0.25, -0.2) is 22.2 Å². The molecule has 0 atom stereocenters.